The van der Waals surface area contributed by atoms with Crippen LogP contribution in [0, 0.1) is 0 Å². The number of carbonyl (C=O) groups excluding carboxylic acids is 2. The van der Waals surface area contributed by atoms with Crippen LogP contribution in [0.25, 0.3) is 11.1 Å². The van der Waals surface area contributed by atoms with E-state index in [0.29, 0.717) is 37.0 Å². The van der Waals surface area contributed by atoms with Crippen molar-refractivity contribution in [3.63, 3.8) is 0 Å². The minimum Gasteiger partial charge on any atom is -0.408 e. The van der Waals surface area contributed by atoms with Crippen LogP contribution < -0.4 is 11.5 Å². The van der Waals surface area contributed by atoms with E-state index in [-0.39, 0.29) is 12.3 Å². The number of rotatable bonds is 5. The average Bonchev–Trinajstić information content (AvgIpc) is 3.02. The van der Waals surface area contributed by atoms with Crippen molar-refractivity contribution < 1.29 is 14.0 Å². The number of nitrogens with zero attached hydrogens (tertiary/aromatic N) is 2. The van der Waals surface area contributed by atoms with Crippen molar-refractivity contribution in [3.8, 4) is 0 Å². The Morgan fingerprint density at radius 1 is 1.07 bits per heavy atom. The summed E-state index contributed by atoms with van der Waals surface area (Å²) in [5, 5.41) is 0. The van der Waals surface area contributed by atoms with E-state index in [1.54, 1.807) is 17.0 Å². The van der Waals surface area contributed by atoms with Gasteiger partial charge in [-0.2, -0.15) is 0 Å². The molecular formula is C21H21N3O4. The van der Waals surface area contributed by atoms with Gasteiger partial charge in [0, 0.05) is 25.9 Å². The molecule has 144 valence electrons. The number of nitrogens with two attached hydrogens (primary N) is 1. The quantitative estimate of drug-likeness (QED) is 0.731. The molecule has 0 saturated heterocycles. The maximum atomic E-state index is 12.8. The summed E-state index contributed by atoms with van der Waals surface area (Å²) in [6.45, 7) is 0.741. The van der Waals surface area contributed by atoms with Gasteiger partial charge in [-0.1, -0.05) is 36.4 Å². The molecule has 7 heteroatoms. The Morgan fingerprint density at radius 2 is 1.79 bits per heavy atom. The van der Waals surface area contributed by atoms with E-state index in [2.05, 4.69) is 0 Å². The Kier molecular flexibility index (Phi) is 4.73. The predicted molar refractivity (Wildman–Crippen MR) is 103 cm³/mol. The standard InChI is InChI=1S/C21H21N3O4/c22-20(26)17-12-14-6-1-2-7-15(14)13-24(17)19(25)10-5-11-23-16-8-3-4-9-18(16)28-21(23)27/h1-4,6-9,17H,5,10-13H2,(H2,22,26). The Morgan fingerprint density at radius 3 is 2.57 bits per heavy atom. The van der Waals surface area contributed by atoms with Gasteiger partial charge in [0.05, 0.1) is 5.52 Å². The second kappa shape index (κ2) is 7.34. The van der Waals surface area contributed by atoms with E-state index in [4.69, 9.17) is 10.2 Å². The Hall–Kier alpha value is -3.35. The minimum atomic E-state index is -0.639. The lowest BCUT2D eigenvalue weighted by molar-refractivity contribution is -0.140. The molecule has 2 heterocycles. The number of carbonyl (C=O) groups is 2. The van der Waals surface area contributed by atoms with Crippen LogP contribution >= 0.6 is 0 Å². The zero-order chi connectivity index (χ0) is 19.7. The normalized spacial score (nSPS) is 16.1. The summed E-state index contributed by atoms with van der Waals surface area (Å²) in [6, 6.07) is 14.3. The molecular weight excluding hydrogens is 358 g/mol. The van der Waals surface area contributed by atoms with E-state index >= 15 is 0 Å². The van der Waals surface area contributed by atoms with Gasteiger partial charge in [0.2, 0.25) is 11.8 Å². The van der Waals surface area contributed by atoms with Crippen LogP contribution in [0.15, 0.2) is 57.7 Å². The topological polar surface area (TPSA) is 98.5 Å². The van der Waals surface area contributed by atoms with Gasteiger partial charge >= 0.3 is 5.76 Å². The van der Waals surface area contributed by atoms with E-state index in [0.717, 1.165) is 11.1 Å². The number of hydrogen-bond donors (Lipinski definition) is 1. The van der Waals surface area contributed by atoms with Gasteiger partial charge in [0.15, 0.2) is 5.58 Å². The molecule has 3 aromatic rings. The first kappa shape index (κ1) is 18.0. The van der Waals surface area contributed by atoms with Crippen molar-refractivity contribution >= 4 is 22.9 Å². The van der Waals surface area contributed by atoms with Gasteiger partial charge in [0.25, 0.3) is 0 Å². The number of fused-ring (bicyclic) bond motifs is 2. The fourth-order valence-corrected chi connectivity index (χ4v) is 3.80. The number of hydrogen-bond acceptors (Lipinski definition) is 4. The van der Waals surface area contributed by atoms with Crippen molar-refractivity contribution in [3.05, 3.63) is 70.2 Å². The first-order valence-corrected chi connectivity index (χ1v) is 9.28. The molecule has 1 unspecified atom stereocenters. The summed E-state index contributed by atoms with van der Waals surface area (Å²) in [5.74, 6) is -1.07. The van der Waals surface area contributed by atoms with Gasteiger partial charge in [-0.3, -0.25) is 14.2 Å². The predicted octanol–water partition coefficient (Wildman–Crippen LogP) is 1.81. The van der Waals surface area contributed by atoms with Crippen LogP contribution in [0.5, 0.6) is 0 Å². The largest absolute Gasteiger partial charge is 0.419 e. The fourth-order valence-electron chi connectivity index (χ4n) is 3.80. The summed E-state index contributed by atoms with van der Waals surface area (Å²) in [7, 11) is 0. The van der Waals surface area contributed by atoms with Crippen LogP contribution in [0.3, 0.4) is 0 Å². The van der Waals surface area contributed by atoms with Crippen molar-refractivity contribution in [2.45, 2.75) is 38.4 Å². The lowest BCUT2D eigenvalue weighted by Crippen LogP contribution is -2.51. The van der Waals surface area contributed by atoms with Gasteiger partial charge in [-0.05, 0) is 29.7 Å². The molecule has 2 N–H and O–H groups in total. The number of aromatic nitrogens is 1. The molecule has 1 atom stereocenters. The average molecular weight is 379 g/mol. The molecule has 28 heavy (non-hydrogen) atoms. The maximum absolute atomic E-state index is 12.8. The highest BCUT2D eigenvalue weighted by Gasteiger charge is 2.32. The summed E-state index contributed by atoms with van der Waals surface area (Å²) in [6.07, 6.45) is 1.12. The number of aryl methyl sites for hydroxylation is 1. The molecule has 2 amide bonds. The minimum absolute atomic E-state index is 0.140. The molecule has 0 bridgehead atoms. The number of para-hydroxylation sites is 2. The molecule has 0 aliphatic carbocycles. The van der Waals surface area contributed by atoms with Crippen LogP contribution in [0.2, 0.25) is 0 Å². The van der Waals surface area contributed by atoms with Gasteiger partial charge < -0.3 is 15.1 Å². The van der Waals surface area contributed by atoms with Crippen molar-refractivity contribution in [1.29, 1.82) is 0 Å². The highest BCUT2D eigenvalue weighted by Crippen LogP contribution is 2.24. The fraction of sp³-hybridized carbons (Fsp3) is 0.286. The second-order valence-electron chi connectivity index (χ2n) is 7.00. The second-order valence-corrected chi connectivity index (χ2v) is 7.00. The molecule has 1 aliphatic rings. The third-order valence-corrected chi connectivity index (χ3v) is 5.24. The Labute approximate surface area is 161 Å². The zero-order valence-corrected chi connectivity index (χ0v) is 15.3. The number of benzene rings is 2. The van der Waals surface area contributed by atoms with E-state index in [9.17, 15) is 14.4 Å². The van der Waals surface area contributed by atoms with Gasteiger partial charge in [-0.15, -0.1) is 0 Å². The third kappa shape index (κ3) is 3.31. The van der Waals surface area contributed by atoms with Crippen LogP contribution in [0.1, 0.15) is 24.0 Å². The molecule has 0 saturated carbocycles. The molecule has 4 rings (SSSR count). The summed E-state index contributed by atoms with van der Waals surface area (Å²) >= 11 is 0. The van der Waals surface area contributed by atoms with Crippen molar-refractivity contribution in [2.75, 3.05) is 0 Å². The van der Waals surface area contributed by atoms with Crippen molar-refractivity contribution in [2.24, 2.45) is 5.73 Å². The monoisotopic (exact) mass is 379 g/mol. The van der Waals surface area contributed by atoms with Crippen LogP contribution in [-0.2, 0) is 29.1 Å². The molecule has 0 spiro atoms. The molecule has 2 aromatic carbocycles. The molecule has 1 aromatic heterocycles. The Bertz CT molecular complexity index is 1100. The van der Waals surface area contributed by atoms with E-state index in [1.807, 2.05) is 36.4 Å². The van der Waals surface area contributed by atoms with Gasteiger partial charge in [-0.25, -0.2) is 4.79 Å². The zero-order valence-electron chi connectivity index (χ0n) is 15.3. The highest BCUT2D eigenvalue weighted by atomic mass is 16.4. The van der Waals surface area contributed by atoms with Crippen LogP contribution in [0.4, 0.5) is 0 Å². The van der Waals surface area contributed by atoms with E-state index < -0.39 is 17.7 Å². The van der Waals surface area contributed by atoms with Crippen LogP contribution in [-0.4, -0.2) is 27.3 Å². The number of amides is 2. The number of oxazole rings is 1. The van der Waals surface area contributed by atoms with E-state index in [1.165, 1.54) is 4.57 Å². The first-order valence-electron chi connectivity index (χ1n) is 9.28. The number of primary amides is 1. The maximum Gasteiger partial charge on any atom is 0.419 e. The SMILES string of the molecule is NC(=O)C1Cc2ccccc2CN1C(=O)CCCn1c(=O)oc2ccccc21. The summed E-state index contributed by atoms with van der Waals surface area (Å²) in [5.41, 5.74) is 8.87. The summed E-state index contributed by atoms with van der Waals surface area (Å²) in [4.78, 5) is 38.3. The van der Waals surface area contributed by atoms with Gasteiger partial charge in [0.1, 0.15) is 6.04 Å². The first-order chi connectivity index (χ1) is 13.5. The molecule has 0 fully saturated rings. The van der Waals surface area contributed by atoms with Crippen molar-refractivity contribution in [1.82, 2.24) is 9.47 Å². The lowest BCUT2D eigenvalue weighted by Gasteiger charge is -2.35. The molecule has 7 nitrogen and oxygen atoms in total. The lowest BCUT2D eigenvalue weighted by atomic mass is 9.93. The third-order valence-electron chi connectivity index (χ3n) is 5.24. The summed E-state index contributed by atoms with van der Waals surface area (Å²) < 4.78 is 6.74. The smallest absolute Gasteiger partial charge is 0.408 e. The molecule has 1 aliphatic heterocycles. The highest BCUT2D eigenvalue weighted by molar-refractivity contribution is 5.87. The molecule has 0 radical (unpaired) electrons. The Balaban J connectivity index is 1.46.